The van der Waals surface area contributed by atoms with Gasteiger partial charge in [0.25, 0.3) is 0 Å². The minimum absolute atomic E-state index is 0.675. The number of hydrogen-bond donors (Lipinski definition) is 0. The van der Waals surface area contributed by atoms with Gasteiger partial charge in [0.1, 0.15) is 6.29 Å². The molecule has 14 heavy (non-hydrogen) atoms. The van der Waals surface area contributed by atoms with E-state index < -0.39 is 0 Å². The average Bonchev–Trinajstić information content (AvgIpc) is 2.16. The van der Waals surface area contributed by atoms with Crippen molar-refractivity contribution in [3.05, 3.63) is 29.3 Å². The van der Waals surface area contributed by atoms with Crippen LogP contribution in [-0.2, 0) is 6.42 Å². The molecule has 0 amide bonds. The number of rotatable bonds is 1. The van der Waals surface area contributed by atoms with Gasteiger partial charge in [-0.1, -0.05) is 6.92 Å². The fraction of sp³-hybridized carbons (Fsp3) is 0.417. The van der Waals surface area contributed by atoms with Crippen LogP contribution < -0.4 is 4.90 Å². The van der Waals surface area contributed by atoms with Gasteiger partial charge in [-0.2, -0.15) is 0 Å². The molecule has 1 aromatic rings. The minimum Gasteiger partial charge on any atom is -0.374 e. The summed E-state index contributed by atoms with van der Waals surface area (Å²) in [5, 5.41) is 0. The fourth-order valence-electron chi connectivity index (χ4n) is 2.22. The number of nitrogens with zero attached hydrogens (tertiary/aromatic N) is 1. The molecule has 2 rings (SSSR count). The van der Waals surface area contributed by atoms with Crippen molar-refractivity contribution in [1.82, 2.24) is 0 Å². The molecule has 0 N–H and O–H groups in total. The predicted octanol–water partition coefficient (Wildman–Crippen LogP) is 2.13. The van der Waals surface area contributed by atoms with Crippen LogP contribution in [0.1, 0.15) is 22.8 Å². The Labute approximate surface area is 84.5 Å². The average molecular weight is 189 g/mol. The Bertz CT molecular complexity index is 359. The quantitative estimate of drug-likeness (QED) is 0.631. The first-order valence-electron chi connectivity index (χ1n) is 5.00. The molecule has 0 fully saturated rings. The van der Waals surface area contributed by atoms with Crippen LogP contribution in [0.25, 0.3) is 0 Å². The van der Waals surface area contributed by atoms with E-state index in [1.54, 1.807) is 0 Å². The summed E-state index contributed by atoms with van der Waals surface area (Å²) in [6, 6.07) is 5.94. The van der Waals surface area contributed by atoms with Crippen molar-refractivity contribution < 1.29 is 4.79 Å². The van der Waals surface area contributed by atoms with E-state index in [4.69, 9.17) is 0 Å². The second-order valence-corrected chi connectivity index (χ2v) is 4.20. The zero-order chi connectivity index (χ0) is 10.1. The van der Waals surface area contributed by atoms with E-state index in [1.807, 2.05) is 18.2 Å². The van der Waals surface area contributed by atoms with E-state index in [2.05, 4.69) is 18.9 Å². The molecule has 74 valence electrons. The highest BCUT2D eigenvalue weighted by atomic mass is 16.1. The van der Waals surface area contributed by atoms with Gasteiger partial charge in [0, 0.05) is 24.8 Å². The topological polar surface area (TPSA) is 20.3 Å². The van der Waals surface area contributed by atoms with Gasteiger partial charge in [0.15, 0.2) is 0 Å². The van der Waals surface area contributed by atoms with Crippen molar-refractivity contribution in [3.63, 3.8) is 0 Å². The Kier molecular flexibility index (Phi) is 2.28. The van der Waals surface area contributed by atoms with E-state index in [0.29, 0.717) is 5.92 Å². The lowest BCUT2D eigenvalue weighted by Gasteiger charge is -2.31. The molecule has 1 atom stereocenters. The summed E-state index contributed by atoms with van der Waals surface area (Å²) < 4.78 is 0. The number of benzene rings is 1. The second-order valence-electron chi connectivity index (χ2n) is 4.20. The number of anilines is 1. The molecule has 1 aromatic carbocycles. The Morgan fingerprint density at radius 2 is 2.29 bits per heavy atom. The summed E-state index contributed by atoms with van der Waals surface area (Å²) in [5.74, 6) is 0.675. The minimum atomic E-state index is 0.675. The number of carbonyl (C=O) groups is 1. The van der Waals surface area contributed by atoms with Crippen molar-refractivity contribution in [2.45, 2.75) is 13.3 Å². The molecular formula is C12H15NO. The highest BCUT2D eigenvalue weighted by Gasteiger charge is 2.18. The Morgan fingerprint density at radius 3 is 3.00 bits per heavy atom. The Hall–Kier alpha value is -1.31. The summed E-state index contributed by atoms with van der Waals surface area (Å²) in [4.78, 5) is 12.9. The van der Waals surface area contributed by atoms with Gasteiger partial charge in [-0.3, -0.25) is 4.79 Å². The van der Waals surface area contributed by atoms with Gasteiger partial charge in [-0.15, -0.1) is 0 Å². The van der Waals surface area contributed by atoms with Crippen LogP contribution in [-0.4, -0.2) is 19.9 Å². The lowest BCUT2D eigenvalue weighted by molar-refractivity contribution is 0.112. The van der Waals surface area contributed by atoms with Gasteiger partial charge in [0.2, 0.25) is 0 Å². The van der Waals surface area contributed by atoms with Crippen LogP contribution in [0.15, 0.2) is 18.2 Å². The third-order valence-corrected chi connectivity index (χ3v) is 2.80. The Balaban J connectivity index is 2.43. The second kappa shape index (κ2) is 3.45. The highest BCUT2D eigenvalue weighted by Crippen LogP contribution is 2.28. The lowest BCUT2D eigenvalue weighted by atomic mass is 9.93. The van der Waals surface area contributed by atoms with Crippen molar-refractivity contribution in [3.8, 4) is 0 Å². The summed E-state index contributed by atoms with van der Waals surface area (Å²) in [6.07, 6.45) is 2.00. The maximum Gasteiger partial charge on any atom is 0.150 e. The van der Waals surface area contributed by atoms with Gasteiger partial charge in [-0.05, 0) is 36.1 Å². The number of carbonyl (C=O) groups excluding carboxylic acids is 1. The van der Waals surface area contributed by atoms with Crippen LogP contribution in [0.5, 0.6) is 0 Å². The summed E-state index contributed by atoms with van der Waals surface area (Å²) in [5.41, 5.74) is 3.36. The Morgan fingerprint density at radius 1 is 1.50 bits per heavy atom. The normalized spacial score (nSPS) is 20.4. The third kappa shape index (κ3) is 1.52. The first-order chi connectivity index (χ1) is 6.70. The van der Waals surface area contributed by atoms with Crippen molar-refractivity contribution in [1.29, 1.82) is 0 Å². The number of hydrogen-bond acceptors (Lipinski definition) is 2. The smallest absolute Gasteiger partial charge is 0.150 e. The molecule has 1 aliphatic heterocycles. The molecule has 0 aromatic heterocycles. The van der Waals surface area contributed by atoms with E-state index in [9.17, 15) is 4.79 Å². The molecular weight excluding hydrogens is 174 g/mol. The van der Waals surface area contributed by atoms with E-state index in [0.717, 1.165) is 24.8 Å². The summed E-state index contributed by atoms with van der Waals surface area (Å²) >= 11 is 0. The standard InChI is InChI=1S/C12H15NO/c1-9-5-11-6-10(8-14)3-4-12(11)13(2)7-9/h3-4,6,8-9H,5,7H2,1-2H3. The molecule has 0 spiro atoms. The first-order valence-corrected chi connectivity index (χ1v) is 5.00. The van der Waals surface area contributed by atoms with Crippen LogP contribution >= 0.6 is 0 Å². The van der Waals surface area contributed by atoms with Gasteiger partial charge < -0.3 is 4.90 Å². The van der Waals surface area contributed by atoms with E-state index in [-0.39, 0.29) is 0 Å². The van der Waals surface area contributed by atoms with Crippen molar-refractivity contribution in [2.24, 2.45) is 5.92 Å². The molecule has 0 aliphatic carbocycles. The highest BCUT2D eigenvalue weighted by molar-refractivity contribution is 5.77. The van der Waals surface area contributed by atoms with Crippen LogP contribution in [0.4, 0.5) is 5.69 Å². The van der Waals surface area contributed by atoms with Gasteiger partial charge in [0.05, 0.1) is 0 Å². The predicted molar refractivity (Wildman–Crippen MR) is 58.0 cm³/mol. The first kappa shape index (κ1) is 9.25. The van der Waals surface area contributed by atoms with Crippen LogP contribution in [0.3, 0.4) is 0 Å². The lowest BCUT2D eigenvalue weighted by Crippen LogP contribution is -2.30. The molecule has 2 heteroatoms. The molecule has 0 radical (unpaired) electrons. The van der Waals surface area contributed by atoms with Gasteiger partial charge >= 0.3 is 0 Å². The molecule has 0 saturated carbocycles. The van der Waals surface area contributed by atoms with Crippen LogP contribution in [0, 0.1) is 5.92 Å². The monoisotopic (exact) mass is 189 g/mol. The maximum atomic E-state index is 10.6. The largest absolute Gasteiger partial charge is 0.374 e. The van der Waals surface area contributed by atoms with E-state index >= 15 is 0 Å². The fourth-order valence-corrected chi connectivity index (χ4v) is 2.22. The van der Waals surface area contributed by atoms with Crippen LogP contribution in [0.2, 0.25) is 0 Å². The zero-order valence-corrected chi connectivity index (χ0v) is 8.66. The molecule has 0 bridgehead atoms. The SMILES string of the molecule is CC1Cc2cc(C=O)ccc2N(C)C1. The number of aldehydes is 1. The van der Waals surface area contributed by atoms with Crippen molar-refractivity contribution >= 4 is 12.0 Å². The van der Waals surface area contributed by atoms with Crippen molar-refractivity contribution in [2.75, 3.05) is 18.5 Å². The van der Waals surface area contributed by atoms with Gasteiger partial charge in [-0.25, -0.2) is 0 Å². The van der Waals surface area contributed by atoms with E-state index in [1.165, 1.54) is 11.3 Å². The molecule has 1 unspecified atom stereocenters. The molecule has 1 heterocycles. The third-order valence-electron chi connectivity index (χ3n) is 2.80. The molecule has 2 nitrogen and oxygen atoms in total. The summed E-state index contributed by atoms with van der Waals surface area (Å²) in [6.45, 7) is 3.35. The number of fused-ring (bicyclic) bond motifs is 1. The molecule has 0 saturated heterocycles. The summed E-state index contributed by atoms with van der Waals surface area (Å²) in [7, 11) is 2.11. The zero-order valence-electron chi connectivity index (χ0n) is 8.66. The molecule has 1 aliphatic rings. The maximum absolute atomic E-state index is 10.6.